The molecule has 0 saturated heterocycles. The van der Waals surface area contributed by atoms with Gasteiger partial charge in [0.1, 0.15) is 0 Å². The first-order valence-corrected chi connectivity index (χ1v) is 3.71. The van der Waals surface area contributed by atoms with Crippen molar-refractivity contribution in [3.05, 3.63) is 30.2 Å². The average Bonchev–Trinajstić information content (AvgIpc) is 2.30. The summed E-state index contributed by atoms with van der Waals surface area (Å²) >= 11 is 5.93. The Morgan fingerprint density at radius 2 is 2.36 bits per heavy atom. The van der Waals surface area contributed by atoms with Crippen LogP contribution in [0.1, 0.15) is 5.69 Å². The molecule has 0 unspecified atom stereocenters. The number of rotatable bonds is 0. The first kappa shape index (κ1) is 6.68. The predicted octanol–water partition coefficient (Wildman–Crippen LogP) is 2.35. The largest absolute Gasteiger partial charge is 0.264 e. The van der Waals surface area contributed by atoms with Crippen molar-refractivity contribution in [3.63, 3.8) is 0 Å². The fourth-order valence-electron chi connectivity index (χ4n) is 1.16. The molecular formula is C8H7ClN2. The Bertz CT molecular complexity index is 392. The number of aromatic nitrogens is 2. The van der Waals surface area contributed by atoms with E-state index in [0.29, 0.717) is 0 Å². The highest BCUT2D eigenvalue weighted by Gasteiger charge is 2.01. The van der Waals surface area contributed by atoms with E-state index in [1.165, 1.54) is 0 Å². The van der Waals surface area contributed by atoms with Gasteiger partial charge >= 0.3 is 0 Å². The lowest BCUT2D eigenvalue weighted by Crippen LogP contribution is -1.80. The molecule has 0 amide bonds. The Kier molecular flexibility index (Phi) is 1.36. The molecule has 3 heteroatoms. The van der Waals surface area contributed by atoms with Gasteiger partial charge in [-0.3, -0.25) is 9.07 Å². The molecule has 0 radical (unpaired) electrons. The van der Waals surface area contributed by atoms with Crippen LogP contribution in [0.2, 0.25) is 0 Å². The van der Waals surface area contributed by atoms with Gasteiger partial charge in [-0.05, 0) is 19.1 Å². The summed E-state index contributed by atoms with van der Waals surface area (Å²) in [5, 5.41) is 1.08. The zero-order chi connectivity index (χ0) is 7.84. The molecule has 0 saturated carbocycles. The standard InChI is InChI=1S/C8H7ClN2/c1-6-4-7-5-10-3-2-8(7)11(6)9/h2-5H,1H3. The van der Waals surface area contributed by atoms with Gasteiger partial charge in [-0.1, -0.05) is 0 Å². The van der Waals surface area contributed by atoms with Crippen molar-refractivity contribution in [2.45, 2.75) is 6.92 Å². The minimum Gasteiger partial charge on any atom is -0.264 e. The molecule has 0 fully saturated rings. The molecule has 2 rings (SSSR count). The molecule has 0 aliphatic carbocycles. The van der Waals surface area contributed by atoms with Crippen molar-refractivity contribution < 1.29 is 0 Å². The minimum atomic E-state index is 1.01. The lowest BCUT2D eigenvalue weighted by molar-refractivity contribution is 1.19. The normalized spacial score (nSPS) is 10.7. The van der Waals surface area contributed by atoms with Crippen LogP contribution in [0, 0.1) is 6.92 Å². The zero-order valence-corrected chi connectivity index (χ0v) is 6.84. The summed E-state index contributed by atoms with van der Waals surface area (Å²) in [6, 6.07) is 3.91. The molecule has 2 nitrogen and oxygen atoms in total. The van der Waals surface area contributed by atoms with Gasteiger partial charge in [0.05, 0.1) is 5.52 Å². The Morgan fingerprint density at radius 3 is 3.09 bits per heavy atom. The summed E-state index contributed by atoms with van der Waals surface area (Å²) in [6.45, 7) is 1.97. The molecule has 0 aromatic carbocycles. The summed E-state index contributed by atoms with van der Waals surface area (Å²) < 4.78 is 1.64. The molecule has 0 spiro atoms. The number of nitrogens with zero attached hydrogens (tertiary/aromatic N) is 2. The fourth-order valence-corrected chi connectivity index (χ4v) is 1.36. The summed E-state index contributed by atoms with van der Waals surface area (Å²) in [5.74, 6) is 0. The molecule has 2 heterocycles. The molecule has 0 N–H and O–H groups in total. The Hall–Kier alpha value is -1.02. The van der Waals surface area contributed by atoms with E-state index in [1.807, 2.05) is 19.1 Å². The van der Waals surface area contributed by atoms with E-state index in [0.717, 1.165) is 16.6 Å². The van der Waals surface area contributed by atoms with E-state index >= 15 is 0 Å². The Balaban J connectivity index is 2.92. The molecule has 0 aliphatic rings. The van der Waals surface area contributed by atoms with Gasteiger partial charge < -0.3 is 0 Å². The lowest BCUT2D eigenvalue weighted by atomic mass is 10.3. The van der Waals surface area contributed by atoms with Gasteiger partial charge in [0.25, 0.3) is 0 Å². The van der Waals surface area contributed by atoms with Crippen LogP contribution in [0.25, 0.3) is 10.9 Å². The minimum absolute atomic E-state index is 1.01. The van der Waals surface area contributed by atoms with Crippen LogP contribution >= 0.6 is 11.8 Å². The number of halogens is 1. The van der Waals surface area contributed by atoms with Crippen LogP contribution in [0.15, 0.2) is 24.5 Å². The zero-order valence-electron chi connectivity index (χ0n) is 6.08. The second-order valence-corrected chi connectivity index (χ2v) is 2.84. The van der Waals surface area contributed by atoms with E-state index in [4.69, 9.17) is 11.8 Å². The van der Waals surface area contributed by atoms with Gasteiger partial charge in [0.15, 0.2) is 0 Å². The highest BCUT2D eigenvalue weighted by molar-refractivity contribution is 6.19. The van der Waals surface area contributed by atoms with Crippen molar-refractivity contribution in [2.24, 2.45) is 0 Å². The van der Waals surface area contributed by atoms with Crippen LogP contribution in [0.3, 0.4) is 0 Å². The molecule has 2 aromatic rings. The third kappa shape index (κ3) is 0.906. The maximum atomic E-state index is 5.93. The highest BCUT2D eigenvalue weighted by Crippen LogP contribution is 2.18. The van der Waals surface area contributed by atoms with Gasteiger partial charge in [-0.25, -0.2) is 0 Å². The second-order valence-electron chi connectivity index (χ2n) is 2.50. The maximum absolute atomic E-state index is 5.93. The van der Waals surface area contributed by atoms with E-state index in [9.17, 15) is 0 Å². The first-order valence-electron chi connectivity index (χ1n) is 3.37. The third-order valence-corrected chi connectivity index (χ3v) is 2.16. The Morgan fingerprint density at radius 1 is 1.55 bits per heavy atom. The van der Waals surface area contributed by atoms with E-state index in [2.05, 4.69) is 4.98 Å². The van der Waals surface area contributed by atoms with Gasteiger partial charge in [0, 0.05) is 35.3 Å². The van der Waals surface area contributed by atoms with Crippen LogP contribution < -0.4 is 0 Å². The van der Waals surface area contributed by atoms with Crippen molar-refractivity contribution in [2.75, 3.05) is 0 Å². The van der Waals surface area contributed by atoms with Crippen molar-refractivity contribution in [3.8, 4) is 0 Å². The molecular weight excluding hydrogens is 160 g/mol. The van der Waals surface area contributed by atoms with Crippen LogP contribution in [0.5, 0.6) is 0 Å². The number of hydrogen-bond donors (Lipinski definition) is 0. The Labute approximate surface area is 69.5 Å². The maximum Gasteiger partial charge on any atom is 0.0681 e. The number of aryl methyl sites for hydroxylation is 1. The second kappa shape index (κ2) is 2.24. The van der Waals surface area contributed by atoms with Gasteiger partial charge in [-0.2, -0.15) is 0 Å². The van der Waals surface area contributed by atoms with Crippen LogP contribution in [-0.4, -0.2) is 9.07 Å². The number of pyridine rings is 1. The van der Waals surface area contributed by atoms with E-state index < -0.39 is 0 Å². The first-order chi connectivity index (χ1) is 5.29. The van der Waals surface area contributed by atoms with Crippen LogP contribution in [-0.2, 0) is 0 Å². The highest BCUT2D eigenvalue weighted by atomic mass is 35.5. The summed E-state index contributed by atoms with van der Waals surface area (Å²) in [5.41, 5.74) is 2.05. The predicted molar refractivity (Wildman–Crippen MR) is 45.7 cm³/mol. The summed E-state index contributed by atoms with van der Waals surface area (Å²) in [4.78, 5) is 4.00. The van der Waals surface area contributed by atoms with Crippen molar-refractivity contribution in [1.82, 2.24) is 9.07 Å². The molecule has 11 heavy (non-hydrogen) atoms. The molecule has 0 atom stereocenters. The van der Waals surface area contributed by atoms with Crippen molar-refractivity contribution in [1.29, 1.82) is 0 Å². The van der Waals surface area contributed by atoms with Gasteiger partial charge in [-0.15, -0.1) is 0 Å². The fraction of sp³-hybridized carbons (Fsp3) is 0.125. The molecule has 0 aliphatic heterocycles. The average molecular weight is 167 g/mol. The SMILES string of the molecule is Cc1cc2cnccc2n1Cl. The monoisotopic (exact) mass is 166 g/mol. The molecule has 0 bridgehead atoms. The lowest BCUT2D eigenvalue weighted by Gasteiger charge is -1.92. The van der Waals surface area contributed by atoms with Crippen molar-refractivity contribution >= 4 is 22.7 Å². The quantitative estimate of drug-likeness (QED) is 0.588. The number of fused-ring (bicyclic) bond motifs is 1. The van der Waals surface area contributed by atoms with Gasteiger partial charge in [0.2, 0.25) is 0 Å². The topological polar surface area (TPSA) is 17.8 Å². The van der Waals surface area contributed by atoms with Crippen LogP contribution in [0.4, 0.5) is 0 Å². The number of hydrogen-bond acceptors (Lipinski definition) is 1. The van der Waals surface area contributed by atoms with E-state index in [1.54, 1.807) is 16.5 Å². The third-order valence-electron chi connectivity index (χ3n) is 1.71. The molecule has 2 aromatic heterocycles. The molecule has 56 valence electrons. The van der Waals surface area contributed by atoms with E-state index in [-0.39, 0.29) is 0 Å². The summed E-state index contributed by atoms with van der Waals surface area (Å²) in [6.07, 6.45) is 3.54. The smallest absolute Gasteiger partial charge is 0.0681 e. The summed E-state index contributed by atoms with van der Waals surface area (Å²) in [7, 11) is 0.